The number of hydrogen-bond acceptors (Lipinski definition) is 3. The number of nitrogens with zero attached hydrogens (tertiary/aromatic N) is 2. The molecule has 0 saturated heterocycles. The number of hydrogen-bond donors (Lipinski definition) is 2. The van der Waals surface area contributed by atoms with Gasteiger partial charge in [-0.1, -0.05) is 23.2 Å². The highest BCUT2D eigenvalue weighted by Crippen LogP contribution is 2.27. The average molecular weight is 353 g/mol. The van der Waals surface area contributed by atoms with Crippen LogP contribution in [0.2, 0.25) is 10.0 Å². The molecule has 1 aromatic heterocycles. The summed E-state index contributed by atoms with van der Waals surface area (Å²) in [5.41, 5.74) is 10.3. The molecule has 0 unspecified atom stereocenters. The molecule has 0 aliphatic rings. The van der Waals surface area contributed by atoms with Crippen molar-refractivity contribution in [1.29, 1.82) is 0 Å². The van der Waals surface area contributed by atoms with E-state index in [0.717, 1.165) is 22.6 Å². The maximum atomic E-state index is 11.0. The van der Waals surface area contributed by atoms with Gasteiger partial charge in [0.05, 0.1) is 16.3 Å². The molecular formula is C15H14Cl2N4O2. The molecule has 2 rings (SSSR count). The van der Waals surface area contributed by atoms with Crippen molar-refractivity contribution in [2.75, 3.05) is 0 Å². The molecule has 1 aromatic carbocycles. The molecule has 6 nitrogen and oxygen atoms in total. The van der Waals surface area contributed by atoms with Crippen LogP contribution >= 0.6 is 23.2 Å². The fourth-order valence-corrected chi connectivity index (χ4v) is 2.45. The van der Waals surface area contributed by atoms with Crippen LogP contribution in [-0.2, 0) is 9.59 Å². The summed E-state index contributed by atoms with van der Waals surface area (Å²) in [4.78, 5) is 21.7. The lowest BCUT2D eigenvalue weighted by Gasteiger charge is -2.10. The zero-order valence-corrected chi connectivity index (χ0v) is 13.9. The van der Waals surface area contributed by atoms with Crippen molar-refractivity contribution in [2.24, 2.45) is 10.8 Å². The van der Waals surface area contributed by atoms with Gasteiger partial charge in [0.15, 0.2) is 0 Å². The van der Waals surface area contributed by atoms with Crippen LogP contribution in [-0.4, -0.2) is 22.6 Å². The Labute approximate surface area is 142 Å². The number of carbonyl (C=O) groups excluding carboxylic acids is 2. The molecule has 0 saturated carbocycles. The Bertz CT molecular complexity index is 812. The Balaban J connectivity index is 2.32. The number of aromatic nitrogens is 1. The van der Waals surface area contributed by atoms with Gasteiger partial charge < -0.3 is 10.3 Å². The Morgan fingerprint density at radius 1 is 1.22 bits per heavy atom. The minimum Gasteiger partial charge on any atom is -0.361 e. The molecule has 0 spiro atoms. The number of primary amides is 1. The fourth-order valence-electron chi connectivity index (χ4n) is 2.16. The maximum Gasteiger partial charge on any atom is 0.329 e. The van der Waals surface area contributed by atoms with E-state index in [1.54, 1.807) is 12.1 Å². The van der Waals surface area contributed by atoms with Crippen molar-refractivity contribution in [3.63, 3.8) is 0 Å². The van der Waals surface area contributed by atoms with E-state index in [-0.39, 0.29) is 0 Å². The van der Waals surface area contributed by atoms with Gasteiger partial charge in [0.1, 0.15) is 0 Å². The molecule has 2 amide bonds. The third-order valence-electron chi connectivity index (χ3n) is 3.23. The van der Waals surface area contributed by atoms with Crippen molar-refractivity contribution < 1.29 is 9.59 Å². The smallest absolute Gasteiger partial charge is 0.329 e. The first-order valence-corrected chi connectivity index (χ1v) is 7.34. The maximum absolute atomic E-state index is 11.0. The van der Waals surface area contributed by atoms with Crippen LogP contribution in [0.25, 0.3) is 5.69 Å². The van der Waals surface area contributed by atoms with Crippen LogP contribution < -0.4 is 11.2 Å². The number of nitrogens with two attached hydrogens (primary N) is 1. The Hall–Kier alpha value is -2.31. The van der Waals surface area contributed by atoms with Crippen LogP contribution in [0.4, 0.5) is 0 Å². The second-order valence-corrected chi connectivity index (χ2v) is 5.64. The second-order valence-electron chi connectivity index (χ2n) is 4.82. The summed E-state index contributed by atoms with van der Waals surface area (Å²) in [6.45, 7) is 3.82. The van der Waals surface area contributed by atoms with Gasteiger partial charge in [-0.15, -0.1) is 0 Å². The number of rotatable bonds is 3. The molecular weight excluding hydrogens is 339 g/mol. The molecule has 0 aliphatic heterocycles. The number of aryl methyl sites for hydroxylation is 1. The van der Waals surface area contributed by atoms with Crippen molar-refractivity contribution in [2.45, 2.75) is 13.8 Å². The predicted molar refractivity (Wildman–Crippen MR) is 90.2 cm³/mol. The first-order valence-electron chi connectivity index (χ1n) is 6.58. The first-order chi connectivity index (χ1) is 10.8. The summed E-state index contributed by atoms with van der Waals surface area (Å²) < 4.78 is 1.97. The second kappa shape index (κ2) is 6.85. The van der Waals surface area contributed by atoms with Crippen LogP contribution in [0.1, 0.15) is 17.0 Å². The quantitative estimate of drug-likeness (QED) is 0.504. The van der Waals surface area contributed by atoms with E-state index in [1.165, 1.54) is 6.21 Å². The predicted octanol–water partition coefficient (Wildman–Crippen LogP) is 2.34. The number of carbonyl (C=O) groups is 2. The van der Waals surface area contributed by atoms with Crippen LogP contribution in [0.5, 0.6) is 0 Å². The number of hydrazone groups is 1. The van der Waals surface area contributed by atoms with E-state index in [1.807, 2.05) is 30.5 Å². The van der Waals surface area contributed by atoms with Crippen molar-refractivity contribution in [1.82, 2.24) is 9.99 Å². The fraction of sp³-hybridized carbons (Fsp3) is 0.133. The molecule has 1 heterocycles. The van der Waals surface area contributed by atoms with E-state index in [4.69, 9.17) is 28.9 Å². The third-order valence-corrected chi connectivity index (χ3v) is 3.96. The zero-order chi connectivity index (χ0) is 17.1. The van der Waals surface area contributed by atoms with Crippen LogP contribution in [0.3, 0.4) is 0 Å². The number of amides is 2. The highest BCUT2D eigenvalue weighted by atomic mass is 35.5. The van der Waals surface area contributed by atoms with Crippen molar-refractivity contribution >= 4 is 41.2 Å². The van der Waals surface area contributed by atoms with E-state index >= 15 is 0 Å². The minimum atomic E-state index is -1.09. The zero-order valence-electron chi connectivity index (χ0n) is 12.4. The molecule has 0 aliphatic carbocycles. The third kappa shape index (κ3) is 3.72. The standard InChI is InChI=1S/C15H14Cl2N4O2/c1-8-5-10(7-19-20-15(23)14(18)22)9(2)21(8)11-3-4-12(16)13(17)6-11/h3-7H,1-2H3,(H2,18,22)(H,20,23)/b19-7-. The number of nitrogens with one attached hydrogen (secondary N) is 1. The molecule has 2 aromatic rings. The van der Waals surface area contributed by atoms with Crippen LogP contribution in [0, 0.1) is 13.8 Å². The molecule has 0 radical (unpaired) electrons. The summed E-state index contributed by atoms with van der Waals surface area (Å²) in [7, 11) is 0. The van der Waals surface area contributed by atoms with E-state index in [2.05, 4.69) is 10.5 Å². The van der Waals surface area contributed by atoms with E-state index in [9.17, 15) is 9.59 Å². The van der Waals surface area contributed by atoms with Gasteiger partial charge in [-0.05, 0) is 38.1 Å². The lowest BCUT2D eigenvalue weighted by atomic mass is 10.2. The van der Waals surface area contributed by atoms with Crippen LogP contribution in [0.15, 0.2) is 29.4 Å². The summed E-state index contributed by atoms with van der Waals surface area (Å²) >= 11 is 12.0. The van der Waals surface area contributed by atoms with Gasteiger partial charge in [-0.3, -0.25) is 9.59 Å². The molecule has 120 valence electrons. The van der Waals surface area contributed by atoms with E-state index < -0.39 is 11.8 Å². The van der Waals surface area contributed by atoms with Gasteiger partial charge in [0.25, 0.3) is 0 Å². The highest BCUT2D eigenvalue weighted by Gasteiger charge is 2.11. The largest absolute Gasteiger partial charge is 0.361 e. The molecule has 8 heteroatoms. The monoisotopic (exact) mass is 352 g/mol. The summed E-state index contributed by atoms with van der Waals surface area (Å²) in [6.07, 6.45) is 1.44. The molecule has 0 bridgehead atoms. The lowest BCUT2D eigenvalue weighted by Crippen LogP contribution is -2.32. The molecule has 3 N–H and O–H groups in total. The highest BCUT2D eigenvalue weighted by molar-refractivity contribution is 6.42. The van der Waals surface area contributed by atoms with Gasteiger partial charge in [-0.2, -0.15) is 5.10 Å². The summed E-state index contributed by atoms with van der Waals surface area (Å²) in [6, 6.07) is 7.22. The Morgan fingerprint density at radius 2 is 1.91 bits per heavy atom. The SMILES string of the molecule is Cc1cc(/C=N\NC(=O)C(N)=O)c(C)n1-c1ccc(Cl)c(Cl)c1. The van der Waals surface area contributed by atoms with Gasteiger partial charge in [0, 0.05) is 22.6 Å². The average Bonchev–Trinajstić information content (AvgIpc) is 2.76. The Morgan fingerprint density at radius 3 is 2.52 bits per heavy atom. The summed E-state index contributed by atoms with van der Waals surface area (Å²) in [5, 5.41) is 4.66. The van der Waals surface area contributed by atoms with Gasteiger partial charge in [0.2, 0.25) is 0 Å². The molecule has 23 heavy (non-hydrogen) atoms. The van der Waals surface area contributed by atoms with Crippen molar-refractivity contribution in [3.05, 3.63) is 51.3 Å². The number of benzene rings is 1. The van der Waals surface area contributed by atoms with Gasteiger partial charge in [-0.25, -0.2) is 5.43 Å². The van der Waals surface area contributed by atoms with Gasteiger partial charge >= 0.3 is 11.8 Å². The Kier molecular flexibility index (Phi) is 5.08. The summed E-state index contributed by atoms with van der Waals surface area (Å²) in [5.74, 6) is -2.07. The first kappa shape index (κ1) is 17.1. The van der Waals surface area contributed by atoms with Crippen molar-refractivity contribution in [3.8, 4) is 5.69 Å². The molecule has 0 atom stereocenters. The number of halogens is 2. The normalized spacial score (nSPS) is 11.0. The molecule has 0 fully saturated rings. The topological polar surface area (TPSA) is 89.5 Å². The van der Waals surface area contributed by atoms with E-state index in [0.29, 0.717) is 10.0 Å². The lowest BCUT2D eigenvalue weighted by molar-refractivity contribution is -0.137. The minimum absolute atomic E-state index is 0.459.